The van der Waals surface area contributed by atoms with Crippen molar-refractivity contribution >= 4 is 34.9 Å². The number of hydrogen-bond acceptors (Lipinski definition) is 4. The van der Waals surface area contributed by atoms with Gasteiger partial charge in [-0.1, -0.05) is 25.4 Å². The summed E-state index contributed by atoms with van der Waals surface area (Å²) in [6.07, 6.45) is 2.13. The van der Waals surface area contributed by atoms with Crippen molar-refractivity contribution in [3.63, 3.8) is 0 Å². The summed E-state index contributed by atoms with van der Waals surface area (Å²) in [6.45, 7) is 5.77. The first-order chi connectivity index (χ1) is 9.39. The smallest absolute Gasteiger partial charge is 0.231 e. The van der Waals surface area contributed by atoms with Gasteiger partial charge in [-0.05, 0) is 43.5 Å². The van der Waals surface area contributed by atoms with Crippen LogP contribution in [0.4, 0.5) is 5.82 Å². The van der Waals surface area contributed by atoms with Gasteiger partial charge in [0.05, 0.1) is 0 Å². The van der Waals surface area contributed by atoms with Gasteiger partial charge >= 0.3 is 0 Å². The molecule has 110 valence electrons. The molecule has 1 aliphatic heterocycles. The molecule has 2 heterocycles. The Morgan fingerprint density at radius 3 is 2.80 bits per heavy atom. The van der Waals surface area contributed by atoms with Gasteiger partial charge in [0.1, 0.15) is 11.0 Å². The average Bonchev–Trinajstić information content (AvgIpc) is 2.38. The van der Waals surface area contributed by atoms with Gasteiger partial charge in [0.25, 0.3) is 0 Å². The standard InChI is InChI=1S/C13H18Cl2N4O/c1-13(2,8-4-3-5-16-7-8)11(20)18-10-6-9(14)17-12(15)19-10/h6,8,16H,3-5,7H2,1-2H3,(H,17,18,19,20). The molecular formula is C13H18Cl2N4O. The molecule has 2 N–H and O–H groups in total. The van der Waals surface area contributed by atoms with Crippen LogP contribution in [-0.4, -0.2) is 29.0 Å². The second-order valence-corrected chi connectivity index (χ2v) is 6.29. The first-order valence-electron chi connectivity index (χ1n) is 6.62. The molecule has 0 saturated carbocycles. The van der Waals surface area contributed by atoms with E-state index in [0.29, 0.717) is 11.7 Å². The predicted octanol–water partition coefficient (Wildman–Crippen LogP) is 2.75. The molecule has 1 aromatic heterocycles. The summed E-state index contributed by atoms with van der Waals surface area (Å²) in [6, 6.07) is 1.49. The fourth-order valence-corrected chi connectivity index (χ4v) is 2.79. The number of halogens is 2. The van der Waals surface area contributed by atoms with Crippen LogP contribution in [-0.2, 0) is 4.79 Å². The van der Waals surface area contributed by atoms with Gasteiger partial charge in [-0.3, -0.25) is 4.79 Å². The summed E-state index contributed by atoms with van der Waals surface area (Å²) < 4.78 is 0. The monoisotopic (exact) mass is 316 g/mol. The third-order valence-electron chi connectivity index (χ3n) is 3.81. The predicted molar refractivity (Wildman–Crippen MR) is 80.1 cm³/mol. The second-order valence-electron chi connectivity index (χ2n) is 5.56. The largest absolute Gasteiger partial charge is 0.316 e. The van der Waals surface area contributed by atoms with E-state index in [1.165, 1.54) is 6.07 Å². The lowest BCUT2D eigenvalue weighted by Gasteiger charge is -2.35. The summed E-state index contributed by atoms with van der Waals surface area (Å²) in [5, 5.41) is 6.33. The van der Waals surface area contributed by atoms with E-state index in [1.807, 2.05) is 13.8 Å². The molecule has 1 saturated heterocycles. The summed E-state index contributed by atoms with van der Waals surface area (Å²) in [5.74, 6) is 0.540. The zero-order chi connectivity index (χ0) is 14.8. The van der Waals surface area contributed by atoms with E-state index < -0.39 is 5.41 Å². The maximum atomic E-state index is 12.5. The number of rotatable bonds is 3. The van der Waals surface area contributed by atoms with Crippen molar-refractivity contribution in [2.24, 2.45) is 11.3 Å². The maximum absolute atomic E-state index is 12.5. The minimum absolute atomic E-state index is 0.0185. The Kier molecular flexibility index (Phi) is 4.83. The lowest BCUT2D eigenvalue weighted by molar-refractivity contribution is -0.127. The van der Waals surface area contributed by atoms with E-state index in [2.05, 4.69) is 20.6 Å². The average molecular weight is 317 g/mol. The van der Waals surface area contributed by atoms with Crippen LogP contribution in [0, 0.1) is 11.3 Å². The van der Waals surface area contributed by atoms with Crippen LogP contribution in [0.1, 0.15) is 26.7 Å². The highest BCUT2D eigenvalue weighted by molar-refractivity contribution is 6.32. The number of anilines is 1. The molecule has 1 aliphatic rings. The molecule has 5 nitrogen and oxygen atoms in total. The van der Waals surface area contributed by atoms with Gasteiger partial charge < -0.3 is 10.6 Å². The lowest BCUT2D eigenvalue weighted by atomic mass is 9.74. The molecule has 0 aromatic carbocycles. The van der Waals surface area contributed by atoms with Crippen molar-refractivity contribution in [2.75, 3.05) is 18.4 Å². The molecule has 0 radical (unpaired) electrons. The van der Waals surface area contributed by atoms with E-state index in [-0.39, 0.29) is 16.3 Å². The lowest BCUT2D eigenvalue weighted by Crippen LogP contribution is -2.44. The molecule has 1 atom stereocenters. The number of hydrogen-bond donors (Lipinski definition) is 2. The van der Waals surface area contributed by atoms with Crippen molar-refractivity contribution in [3.8, 4) is 0 Å². The van der Waals surface area contributed by atoms with E-state index >= 15 is 0 Å². The Hall–Kier alpha value is -0.910. The van der Waals surface area contributed by atoms with Gasteiger partial charge in [-0.25, -0.2) is 9.97 Å². The first-order valence-corrected chi connectivity index (χ1v) is 7.37. The number of amides is 1. The van der Waals surface area contributed by atoms with Crippen LogP contribution >= 0.6 is 23.2 Å². The van der Waals surface area contributed by atoms with Crippen molar-refractivity contribution in [1.82, 2.24) is 15.3 Å². The summed E-state index contributed by atoms with van der Waals surface area (Å²) in [5.41, 5.74) is -0.489. The topological polar surface area (TPSA) is 66.9 Å². The van der Waals surface area contributed by atoms with E-state index in [1.54, 1.807) is 0 Å². The molecule has 0 aliphatic carbocycles. The van der Waals surface area contributed by atoms with Crippen LogP contribution in [0.3, 0.4) is 0 Å². The van der Waals surface area contributed by atoms with Gasteiger partial charge in [-0.15, -0.1) is 0 Å². The molecule has 2 rings (SSSR count). The minimum atomic E-state index is -0.489. The molecular weight excluding hydrogens is 299 g/mol. The van der Waals surface area contributed by atoms with Crippen LogP contribution in [0.5, 0.6) is 0 Å². The van der Waals surface area contributed by atoms with E-state index in [0.717, 1.165) is 25.9 Å². The minimum Gasteiger partial charge on any atom is -0.316 e. The molecule has 1 fully saturated rings. The number of carbonyl (C=O) groups is 1. The van der Waals surface area contributed by atoms with Crippen LogP contribution in [0.25, 0.3) is 0 Å². The number of nitrogens with zero attached hydrogens (tertiary/aromatic N) is 2. The molecule has 0 bridgehead atoms. The molecule has 1 aromatic rings. The molecule has 1 amide bonds. The second kappa shape index (κ2) is 6.24. The number of carbonyl (C=O) groups excluding carboxylic acids is 1. The zero-order valence-corrected chi connectivity index (χ0v) is 13.1. The third-order valence-corrected chi connectivity index (χ3v) is 4.17. The van der Waals surface area contributed by atoms with Gasteiger partial charge in [-0.2, -0.15) is 0 Å². The van der Waals surface area contributed by atoms with Crippen LogP contribution < -0.4 is 10.6 Å². The van der Waals surface area contributed by atoms with E-state index in [9.17, 15) is 4.79 Å². The molecule has 7 heteroatoms. The van der Waals surface area contributed by atoms with Crippen molar-refractivity contribution < 1.29 is 4.79 Å². The fraction of sp³-hybridized carbons (Fsp3) is 0.615. The Morgan fingerprint density at radius 1 is 1.45 bits per heavy atom. The highest BCUT2D eigenvalue weighted by atomic mass is 35.5. The van der Waals surface area contributed by atoms with Crippen molar-refractivity contribution in [2.45, 2.75) is 26.7 Å². The number of piperidine rings is 1. The Balaban J connectivity index is 2.09. The van der Waals surface area contributed by atoms with Crippen LogP contribution in [0.2, 0.25) is 10.4 Å². The van der Waals surface area contributed by atoms with Crippen LogP contribution in [0.15, 0.2) is 6.07 Å². The molecule has 1 unspecified atom stereocenters. The summed E-state index contributed by atoms with van der Waals surface area (Å²) in [4.78, 5) is 20.2. The summed E-state index contributed by atoms with van der Waals surface area (Å²) in [7, 11) is 0. The SMILES string of the molecule is CC(C)(C(=O)Nc1cc(Cl)nc(Cl)n1)C1CCCNC1. The quantitative estimate of drug-likeness (QED) is 0.664. The van der Waals surface area contributed by atoms with Gasteiger partial charge in [0, 0.05) is 11.5 Å². The Morgan fingerprint density at radius 2 is 2.20 bits per heavy atom. The van der Waals surface area contributed by atoms with E-state index in [4.69, 9.17) is 23.2 Å². The zero-order valence-electron chi connectivity index (χ0n) is 11.5. The summed E-state index contributed by atoms with van der Waals surface area (Å²) >= 11 is 11.5. The van der Waals surface area contributed by atoms with Gasteiger partial charge in [0.15, 0.2) is 0 Å². The number of aromatic nitrogens is 2. The molecule has 20 heavy (non-hydrogen) atoms. The first kappa shape index (κ1) is 15.5. The molecule has 0 spiro atoms. The van der Waals surface area contributed by atoms with Gasteiger partial charge in [0.2, 0.25) is 11.2 Å². The van der Waals surface area contributed by atoms with Crippen molar-refractivity contribution in [1.29, 1.82) is 0 Å². The fourth-order valence-electron chi connectivity index (χ4n) is 2.38. The maximum Gasteiger partial charge on any atom is 0.231 e. The Bertz CT molecular complexity index is 481. The highest BCUT2D eigenvalue weighted by Gasteiger charge is 2.37. The van der Waals surface area contributed by atoms with Crippen molar-refractivity contribution in [3.05, 3.63) is 16.5 Å². The number of nitrogens with one attached hydrogen (secondary N) is 2. The normalized spacial score (nSPS) is 19.7. The highest BCUT2D eigenvalue weighted by Crippen LogP contribution is 2.33. The third kappa shape index (κ3) is 3.59. The Labute approximate surface area is 128 Å².